The Morgan fingerprint density at radius 3 is 3.00 bits per heavy atom. The molecule has 1 aliphatic heterocycles. The summed E-state index contributed by atoms with van der Waals surface area (Å²) in [5, 5.41) is 12.7. The monoisotopic (exact) mass is 223 g/mol. The van der Waals surface area contributed by atoms with Gasteiger partial charge in [-0.05, 0) is 38.9 Å². The normalized spacial score (nSPS) is 18.6. The summed E-state index contributed by atoms with van der Waals surface area (Å²) >= 11 is 0. The molecule has 0 atom stereocenters. The molecule has 0 aliphatic carbocycles. The van der Waals surface area contributed by atoms with Crippen molar-refractivity contribution in [3.8, 4) is 0 Å². The van der Waals surface area contributed by atoms with E-state index in [4.69, 9.17) is 0 Å². The number of hydrogen-bond acceptors (Lipinski definition) is 4. The minimum Gasteiger partial charge on any atom is -0.350 e. The zero-order valence-electron chi connectivity index (χ0n) is 9.44. The highest BCUT2D eigenvalue weighted by Crippen LogP contribution is 2.14. The number of carbonyl (C=O) groups excluding carboxylic acids is 1. The van der Waals surface area contributed by atoms with Crippen LogP contribution in [-0.4, -0.2) is 52.9 Å². The molecule has 1 fully saturated rings. The fourth-order valence-electron chi connectivity index (χ4n) is 1.90. The van der Waals surface area contributed by atoms with E-state index in [0.29, 0.717) is 11.6 Å². The highest BCUT2D eigenvalue weighted by atomic mass is 16.1. The number of likely N-dealkylation sites (tertiary alicyclic amines) is 1. The first kappa shape index (κ1) is 11.1. The predicted octanol–water partition coefficient (Wildman–Crippen LogP) is -0.124. The van der Waals surface area contributed by atoms with E-state index in [0.717, 1.165) is 32.5 Å². The number of piperidine rings is 1. The molecule has 0 spiro atoms. The average Bonchev–Trinajstić information content (AvgIpc) is 2.81. The Hall–Kier alpha value is -1.43. The van der Waals surface area contributed by atoms with Crippen molar-refractivity contribution < 1.29 is 4.79 Å². The second-order valence-corrected chi connectivity index (χ2v) is 4.31. The minimum absolute atomic E-state index is 0.146. The second-order valence-electron chi connectivity index (χ2n) is 4.31. The summed E-state index contributed by atoms with van der Waals surface area (Å²) in [6.07, 6.45) is 3.73. The lowest BCUT2D eigenvalue weighted by molar-refractivity contribution is 0.0934. The highest BCUT2D eigenvalue weighted by molar-refractivity contribution is 5.91. The summed E-state index contributed by atoms with van der Waals surface area (Å²) in [6, 6.07) is 0. The summed E-state index contributed by atoms with van der Waals surface area (Å²) in [6.45, 7) is 2.97. The molecule has 0 unspecified atom stereocenters. The van der Waals surface area contributed by atoms with Gasteiger partial charge in [0.05, 0.1) is 6.20 Å². The quantitative estimate of drug-likeness (QED) is 0.749. The molecule has 88 valence electrons. The van der Waals surface area contributed by atoms with Crippen LogP contribution in [0.4, 0.5) is 0 Å². The van der Waals surface area contributed by atoms with Gasteiger partial charge in [0.1, 0.15) is 0 Å². The van der Waals surface area contributed by atoms with Crippen LogP contribution in [0, 0.1) is 5.92 Å². The molecule has 0 radical (unpaired) electrons. The van der Waals surface area contributed by atoms with E-state index in [-0.39, 0.29) is 5.91 Å². The number of aromatic nitrogens is 3. The maximum Gasteiger partial charge on any atom is 0.273 e. The van der Waals surface area contributed by atoms with Crippen LogP contribution in [-0.2, 0) is 0 Å². The topological polar surface area (TPSA) is 73.9 Å². The van der Waals surface area contributed by atoms with E-state index < -0.39 is 0 Å². The molecule has 2 rings (SSSR count). The first-order valence-electron chi connectivity index (χ1n) is 5.58. The van der Waals surface area contributed by atoms with Crippen molar-refractivity contribution in [2.45, 2.75) is 12.8 Å². The third kappa shape index (κ3) is 2.79. The summed E-state index contributed by atoms with van der Waals surface area (Å²) in [7, 11) is 2.13. The van der Waals surface area contributed by atoms with E-state index >= 15 is 0 Å². The SMILES string of the molecule is CN1CCC(CNC(=O)c2cn[nH]n2)CC1. The van der Waals surface area contributed by atoms with Crippen LogP contribution >= 0.6 is 0 Å². The van der Waals surface area contributed by atoms with Gasteiger partial charge in [0.25, 0.3) is 5.91 Å². The molecule has 0 aromatic carbocycles. The van der Waals surface area contributed by atoms with Crippen molar-refractivity contribution in [3.05, 3.63) is 11.9 Å². The van der Waals surface area contributed by atoms with Crippen LogP contribution in [0.2, 0.25) is 0 Å². The Labute approximate surface area is 94.4 Å². The maximum atomic E-state index is 11.6. The molecule has 1 aromatic rings. The molecule has 1 aliphatic rings. The number of carbonyl (C=O) groups is 1. The van der Waals surface area contributed by atoms with Crippen LogP contribution in [0.1, 0.15) is 23.3 Å². The van der Waals surface area contributed by atoms with Gasteiger partial charge in [0, 0.05) is 6.54 Å². The lowest BCUT2D eigenvalue weighted by Crippen LogP contribution is -2.36. The lowest BCUT2D eigenvalue weighted by atomic mass is 9.97. The number of hydrogen-bond donors (Lipinski definition) is 2. The third-order valence-electron chi connectivity index (χ3n) is 3.04. The van der Waals surface area contributed by atoms with Gasteiger partial charge in [-0.3, -0.25) is 4.79 Å². The molecule has 0 saturated carbocycles. The second kappa shape index (κ2) is 5.07. The molecule has 1 saturated heterocycles. The molecular formula is C10H17N5O. The van der Waals surface area contributed by atoms with Crippen molar-refractivity contribution in [3.63, 3.8) is 0 Å². The Morgan fingerprint density at radius 1 is 1.62 bits per heavy atom. The van der Waals surface area contributed by atoms with Crippen molar-refractivity contribution in [2.75, 3.05) is 26.7 Å². The summed E-state index contributed by atoms with van der Waals surface area (Å²) in [5.41, 5.74) is 0.355. The molecule has 16 heavy (non-hydrogen) atoms. The van der Waals surface area contributed by atoms with Crippen molar-refractivity contribution in [1.29, 1.82) is 0 Å². The summed E-state index contributed by atoms with van der Waals surface area (Å²) < 4.78 is 0. The number of amides is 1. The number of rotatable bonds is 3. The molecule has 2 N–H and O–H groups in total. The van der Waals surface area contributed by atoms with Crippen molar-refractivity contribution in [2.24, 2.45) is 5.92 Å². The summed E-state index contributed by atoms with van der Waals surface area (Å²) in [4.78, 5) is 13.9. The van der Waals surface area contributed by atoms with E-state index in [1.54, 1.807) is 0 Å². The van der Waals surface area contributed by atoms with Gasteiger partial charge in [-0.15, -0.1) is 0 Å². The third-order valence-corrected chi connectivity index (χ3v) is 3.04. The van der Waals surface area contributed by atoms with Gasteiger partial charge in [-0.1, -0.05) is 0 Å². The Bertz CT molecular complexity index is 329. The molecular weight excluding hydrogens is 206 g/mol. The summed E-state index contributed by atoms with van der Waals surface area (Å²) in [5.74, 6) is 0.444. The van der Waals surface area contributed by atoms with Gasteiger partial charge < -0.3 is 10.2 Å². The van der Waals surface area contributed by atoms with Crippen LogP contribution < -0.4 is 5.32 Å². The minimum atomic E-state index is -0.146. The molecule has 6 heteroatoms. The first-order valence-corrected chi connectivity index (χ1v) is 5.58. The fraction of sp³-hybridized carbons (Fsp3) is 0.700. The molecule has 6 nitrogen and oxygen atoms in total. The first-order chi connectivity index (χ1) is 7.75. The highest BCUT2D eigenvalue weighted by Gasteiger charge is 2.17. The number of H-pyrrole nitrogens is 1. The zero-order chi connectivity index (χ0) is 11.4. The Morgan fingerprint density at radius 2 is 2.38 bits per heavy atom. The Kier molecular flexibility index (Phi) is 3.51. The number of nitrogens with zero attached hydrogens (tertiary/aromatic N) is 3. The standard InChI is InChI=1S/C10H17N5O/c1-15-4-2-8(3-5-15)6-11-10(16)9-7-12-14-13-9/h7-8H,2-6H2,1H3,(H,11,16)(H,12,13,14). The van der Waals surface area contributed by atoms with E-state index in [1.165, 1.54) is 6.20 Å². The van der Waals surface area contributed by atoms with Crippen LogP contribution in [0.25, 0.3) is 0 Å². The number of aromatic amines is 1. The van der Waals surface area contributed by atoms with Gasteiger partial charge in [-0.2, -0.15) is 15.4 Å². The molecule has 1 amide bonds. The predicted molar refractivity (Wildman–Crippen MR) is 58.9 cm³/mol. The van der Waals surface area contributed by atoms with E-state index in [9.17, 15) is 4.79 Å². The van der Waals surface area contributed by atoms with Gasteiger partial charge in [0.2, 0.25) is 0 Å². The number of nitrogens with one attached hydrogen (secondary N) is 2. The largest absolute Gasteiger partial charge is 0.350 e. The van der Waals surface area contributed by atoms with Crippen molar-refractivity contribution in [1.82, 2.24) is 25.6 Å². The molecule has 0 bridgehead atoms. The van der Waals surface area contributed by atoms with Gasteiger partial charge in [-0.25, -0.2) is 0 Å². The van der Waals surface area contributed by atoms with Crippen LogP contribution in [0.3, 0.4) is 0 Å². The zero-order valence-corrected chi connectivity index (χ0v) is 9.44. The van der Waals surface area contributed by atoms with E-state index in [1.807, 2.05) is 0 Å². The maximum absolute atomic E-state index is 11.6. The smallest absolute Gasteiger partial charge is 0.273 e. The van der Waals surface area contributed by atoms with Crippen LogP contribution in [0.5, 0.6) is 0 Å². The lowest BCUT2D eigenvalue weighted by Gasteiger charge is -2.28. The fourth-order valence-corrected chi connectivity index (χ4v) is 1.90. The Balaban J connectivity index is 1.73. The van der Waals surface area contributed by atoms with E-state index in [2.05, 4.69) is 32.7 Å². The van der Waals surface area contributed by atoms with Crippen molar-refractivity contribution >= 4 is 5.91 Å². The molecule has 1 aromatic heterocycles. The molecule has 2 heterocycles. The average molecular weight is 223 g/mol. The van der Waals surface area contributed by atoms with Gasteiger partial charge in [0.15, 0.2) is 5.69 Å². The van der Waals surface area contributed by atoms with Gasteiger partial charge >= 0.3 is 0 Å². The van der Waals surface area contributed by atoms with Crippen LogP contribution in [0.15, 0.2) is 6.20 Å².